The quantitative estimate of drug-likeness (QED) is 0.495. The first-order chi connectivity index (χ1) is 13.8. The molecule has 6 nitrogen and oxygen atoms in total. The van der Waals surface area contributed by atoms with E-state index in [9.17, 15) is 4.79 Å². The lowest BCUT2D eigenvalue weighted by Gasteiger charge is -2.22. The van der Waals surface area contributed by atoms with Gasteiger partial charge in [0.2, 0.25) is 0 Å². The molecule has 0 aliphatic rings. The Morgan fingerprint density at radius 3 is 2.54 bits per heavy atom. The summed E-state index contributed by atoms with van der Waals surface area (Å²) in [6.45, 7) is 1.53. The highest BCUT2D eigenvalue weighted by Gasteiger charge is 2.18. The van der Waals surface area contributed by atoms with Crippen molar-refractivity contribution in [3.05, 3.63) is 108 Å². The number of hydrogen-bond acceptors (Lipinski definition) is 4. The zero-order valence-corrected chi connectivity index (χ0v) is 15.3. The number of pyridine rings is 1. The fourth-order valence-electron chi connectivity index (χ4n) is 3.02. The number of carbonyl (C=O) groups excluding carboxylic acids is 1. The summed E-state index contributed by atoms with van der Waals surface area (Å²) < 4.78 is 7.30. The van der Waals surface area contributed by atoms with Gasteiger partial charge in [0.1, 0.15) is 5.76 Å². The molecule has 0 saturated carbocycles. The van der Waals surface area contributed by atoms with Crippen LogP contribution in [0.4, 0.5) is 0 Å². The third-order valence-electron chi connectivity index (χ3n) is 4.41. The number of rotatable bonds is 7. The van der Waals surface area contributed by atoms with Gasteiger partial charge in [-0.3, -0.25) is 14.5 Å². The van der Waals surface area contributed by atoms with Crippen molar-refractivity contribution in [2.24, 2.45) is 0 Å². The number of amides is 1. The smallest absolute Gasteiger partial charge is 0.254 e. The summed E-state index contributed by atoms with van der Waals surface area (Å²) in [7, 11) is 0. The van der Waals surface area contributed by atoms with Crippen LogP contribution in [-0.2, 0) is 19.6 Å². The number of hydrogen-bond donors (Lipinski definition) is 0. The van der Waals surface area contributed by atoms with Crippen LogP contribution in [0.5, 0.6) is 0 Å². The van der Waals surface area contributed by atoms with Crippen molar-refractivity contribution in [2.75, 3.05) is 0 Å². The molecular formula is C22H20N4O2. The number of nitrogens with zero attached hydrogens (tertiary/aromatic N) is 4. The molecule has 3 aromatic heterocycles. The van der Waals surface area contributed by atoms with Crippen LogP contribution in [0, 0.1) is 0 Å². The van der Waals surface area contributed by atoms with Crippen LogP contribution in [0.2, 0.25) is 0 Å². The van der Waals surface area contributed by atoms with E-state index in [0.29, 0.717) is 25.2 Å². The highest BCUT2D eigenvalue weighted by Crippen LogP contribution is 2.15. The van der Waals surface area contributed by atoms with Crippen LogP contribution in [0.3, 0.4) is 0 Å². The van der Waals surface area contributed by atoms with Crippen LogP contribution in [0.15, 0.2) is 90.1 Å². The summed E-state index contributed by atoms with van der Waals surface area (Å²) >= 11 is 0. The Kier molecular flexibility index (Phi) is 5.29. The third kappa shape index (κ3) is 4.35. The molecule has 0 radical (unpaired) electrons. The summed E-state index contributed by atoms with van der Waals surface area (Å²) in [6.07, 6.45) is 8.78. The van der Waals surface area contributed by atoms with Crippen molar-refractivity contribution < 1.29 is 9.21 Å². The highest BCUT2D eigenvalue weighted by atomic mass is 16.3. The molecule has 6 heteroatoms. The molecule has 4 rings (SSSR count). The summed E-state index contributed by atoms with van der Waals surface area (Å²) in [4.78, 5) is 19.1. The molecule has 4 aromatic rings. The molecule has 0 aliphatic heterocycles. The molecule has 1 aromatic carbocycles. The Bertz CT molecular complexity index is 995. The van der Waals surface area contributed by atoms with E-state index in [1.54, 1.807) is 29.8 Å². The molecule has 1 amide bonds. The first-order valence-electron chi connectivity index (χ1n) is 9.05. The minimum absolute atomic E-state index is 0.0501. The van der Waals surface area contributed by atoms with Gasteiger partial charge in [-0.25, -0.2) is 0 Å². The Labute approximate surface area is 163 Å². The number of aromatic nitrogens is 3. The fourth-order valence-corrected chi connectivity index (χ4v) is 3.02. The van der Waals surface area contributed by atoms with Gasteiger partial charge in [-0.2, -0.15) is 5.10 Å². The maximum absolute atomic E-state index is 13.2. The molecule has 0 N–H and O–H groups in total. The first-order valence-corrected chi connectivity index (χ1v) is 9.05. The Balaban J connectivity index is 1.52. The first kappa shape index (κ1) is 17.7. The molecule has 28 heavy (non-hydrogen) atoms. The Morgan fingerprint density at radius 2 is 1.86 bits per heavy atom. The van der Waals surface area contributed by atoms with Crippen LogP contribution >= 0.6 is 0 Å². The van der Waals surface area contributed by atoms with Gasteiger partial charge >= 0.3 is 0 Å². The van der Waals surface area contributed by atoms with Crippen molar-refractivity contribution in [1.82, 2.24) is 19.7 Å². The van der Waals surface area contributed by atoms with Gasteiger partial charge in [0.05, 0.1) is 19.4 Å². The lowest BCUT2D eigenvalue weighted by atomic mass is 10.1. The summed E-state index contributed by atoms with van der Waals surface area (Å²) in [5, 5.41) is 4.21. The van der Waals surface area contributed by atoms with E-state index in [1.807, 2.05) is 65.5 Å². The van der Waals surface area contributed by atoms with E-state index in [1.165, 1.54) is 0 Å². The van der Waals surface area contributed by atoms with Gasteiger partial charge in [0.15, 0.2) is 0 Å². The van der Waals surface area contributed by atoms with Crippen LogP contribution < -0.4 is 0 Å². The lowest BCUT2D eigenvalue weighted by molar-refractivity contribution is 0.0717. The SMILES string of the molecule is O=C(c1ccc(Cn2cccn2)cc1)N(Cc1cccnc1)Cc1ccco1. The van der Waals surface area contributed by atoms with Crippen molar-refractivity contribution >= 4 is 5.91 Å². The molecule has 0 fully saturated rings. The standard InChI is InChI=1S/C22H20N4O2/c27-22(20-8-6-18(7-9-20)16-26-12-3-11-24-26)25(17-21-5-2-13-28-21)15-19-4-1-10-23-14-19/h1-14H,15-17H2. The van der Waals surface area contributed by atoms with Crippen molar-refractivity contribution in [3.63, 3.8) is 0 Å². The largest absolute Gasteiger partial charge is 0.467 e. The number of carbonyl (C=O) groups is 1. The molecular weight excluding hydrogens is 352 g/mol. The van der Waals surface area contributed by atoms with Gasteiger partial charge < -0.3 is 9.32 Å². The zero-order chi connectivity index (χ0) is 19.2. The fraction of sp³-hybridized carbons (Fsp3) is 0.136. The highest BCUT2D eigenvalue weighted by molar-refractivity contribution is 5.94. The molecule has 0 atom stereocenters. The van der Waals surface area contributed by atoms with Gasteiger partial charge in [0.25, 0.3) is 5.91 Å². The molecule has 0 unspecified atom stereocenters. The van der Waals surface area contributed by atoms with E-state index >= 15 is 0 Å². The average Bonchev–Trinajstić information content (AvgIpc) is 3.43. The maximum atomic E-state index is 13.2. The van der Waals surface area contributed by atoms with Crippen LogP contribution in [0.1, 0.15) is 27.2 Å². The van der Waals surface area contributed by atoms with E-state index in [-0.39, 0.29) is 5.91 Å². The zero-order valence-electron chi connectivity index (χ0n) is 15.3. The van der Waals surface area contributed by atoms with Crippen LogP contribution in [-0.4, -0.2) is 25.6 Å². The molecule has 0 bridgehead atoms. The topological polar surface area (TPSA) is 64.2 Å². The number of benzene rings is 1. The van der Waals surface area contributed by atoms with Crippen molar-refractivity contribution in [2.45, 2.75) is 19.6 Å². The van der Waals surface area contributed by atoms with E-state index in [2.05, 4.69) is 10.1 Å². The summed E-state index contributed by atoms with van der Waals surface area (Å²) in [6, 6.07) is 17.1. The van der Waals surface area contributed by atoms with E-state index in [4.69, 9.17) is 4.42 Å². The van der Waals surface area contributed by atoms with Gasteiger partial charge in [-0.05, 0) is 47.5 Å². The average molecular weight is 372 g/mol. The van der Waals surface area contributed by atoms with Gasteiger partial charge in [0, 0.05) is 36.9 Å². The molecule has 0 spiro atoms. The minimum Gasteiger partial charge on any atom is -0.467 e. The van der Waals surface area contributed by atoms with Gasteiger partial charge in [-0.15, -0.1) is 0 Å². The molecule has 3 heterocycles. The third-order valence-corrected chi connectivity index (χ3v) is 4.41. The molecule has 140 valence electrons. The summed E-state index contributed by atoms with van der Waals surface area (Å²) in [5.74, 6) is 0.693. The number of furan rings is 1. The predicted octanol–water partition coefficient (Wildman–Crippen LogP) is 3.76. The van der Waals surface area contributed by atoms with Gasteiger partial charge in [-0.1, -0.05) is 18.2 Å². The normalized spacial score (nSPS) is 10.7. The predicted molar refractivity (Wildman–Crippen MR) is 104 cm³/mol. The monoisotopic (exact) mass is 372 g/mol. The molecule has 0 aliphatic carbocycles. The second-order valence-corrected chi connectivity index (χ2v) is 6.50. The minimum atomic E-state index is -0.0501. The second kappa shape index (κ2) is 8.35. The van der Waals surface area contributed by atoms with E-state index in [0.717, 1.165) is 16.9 Å². The second-order valence-electron chi connectivity index (χ2n) is 6.50. The lowest BCUT2D eigenvalue weighted by Crippen LogP contribution is -2.30. The van der Waals surface area contributed by atoms with E-state index < -0.39 is 0 Å². The van der Waals surface area contributed by atoms with Crippen molar-refractivity contribution in [3.8, 4) is 0 Å². The molecule has 0 saturated heterocycles. The maximum Gasteiger partial charge on any atom is 0.254 e. The Morgan fingerprint density at radius 1 is 0.964 bits per heavy atom. The van der Waals surface area contributed by atoms with Crippen molar-refractivity contribution in [1.29, 1.82) is 0 Å². The van der Waals surface area contributed by atoms with Crippen LogP contribution in [0.25, 0.3) is 0 Å². The Hall–Kier alpha value is -3.67. The summed E-state index contributed by atoms with van der Waals surface area (Å²) in [5.41, 5.74) is 2.70.